The highest BCUT2D eigenvalue weighted by molar-refractivity contribution is 5.95. The van der Waals surface area contributed by atoms with Crippen molar-refractivity contribution in [1.29, 1.82) is 0 Å². The Morgan fingerprint density at radius 2 is 1.73 bits per heavy atom. The van der Waals surface area contributed by atoms with Crippen molar-refractivity contribution in [3.05, 3.63) is 0 Å². The second kappa shape index (κ2) is 11.5. The van der Waals surface area contributed by atoms with Gasteiger partial charge in [0.25, 0.3) is 0 Å². The molecule has 2 rings (SSSR count). The minimum atomic E-state index is -1.50. The molecule has 3 amide bonds. The summed E-state index contributed by atoms with van der Waals surface area (Å²) >= 11 is 0. The van der Waals surface area contributed by atoms with E-state index in [1.54, 1.807) is 32.6 Å². The SMILES string of the molecule is CCCCO[C@H](C)[C@H](NC(=O)C1(C(C)O)CCCN1C(=O)OC(C)(C)C)C(=O)N1CCCC1. The molecule has 2 saturated heterocycles. The molecule has 9 heteroatoms. The standard InChI is InChI=1S/C24H43N3O6/c1-7-8-16-32-17(2)19(20(29)26-13-9-10-14-26)25-21(30)24(18(3)28)12-11-15-27(24)22(31)33-23(4,5)6/h17-19,28H,7-16H2,1-6H3,(H,25,30)/t17-,18?,19+,24?/m1/s1. The Balaban J connectivity index is 2.28. The van der Waals surface area contributed by atoms with Gasteiger partial charge in [-0.15, -0.1) is 0 Å². The van der Waals surface area contributed by atoms with Gasteiger partial charge in [-0.2, -0.15) is 0 Å². The molecule has 0 saturated carbocycles. The summed E-state index contributed by atoms with van der Waals surface area (Å²) in [6, 6.07) is -0.899. The summed E-state index contributed by atoms with van der Waals surface area (Å²) in [6.45, 7) is 12.7. The Morgan fingerprint density at radius 1 is 1.09 bits per heavy atom. The molecular weight excluding hydrogens is 426 g/mol. The zero-order valence-corrected chi connectivity index (χ0v) is 21.2. The maximum Gasteiger partial charge on any atom is 0.411 e. The first kappa shape index (κ1) is 27.4. The van der Waals surface area contributed by atoms with Gasteiger partial charge in [-0.3, -0.25) is 14.5 Å². The van der Waals surface area contributed by atoms with Crippen LogP contribution in [0.15, 0.2) is 0 Å². The Morgan fingerprint density at radius 3 is 2.27 bits per heavy atom. The third-order valence-electron chi connectivity index (χ3n) is 6.44. The number of amides is 3. The quantitative estimate of drug-likeness (QED) is 0.502. The number of rotatable bonds is 9. The van der Waals surface area contributed by atoms with Gasteiger partial charge in [-0.25, -0.2) is 4.79 Å². The van der Waals surface area contributed by atoms with Crippen molar-refractivity contribution in [3.63, 3.8) is 0 Å². The number of carbonyl (C=O) groups is 3. The van der Waals surface area contributed by atoms with Gasteiger partial charge in [0.15, 0.2) is 5.54 Å². The molecule has 2 aliphatic rings. The van der Waals surface area contributed by atoms with E-state index in [0.717, 1.165) is 25.7 Å². The molecule has 0 aliphatic carbocycles. The number of unbranched alkanes of at least 4 members (excludes halogenated alkanes) is 1. The van der Waals surface area contributed by atoms with E-state index in [1.807, 2.05) is 0 Å². The lowest BCUT2D eigenvalue weighted by atomic mass is 9.88. The van der Waals surface area contributed by atoms with Crippen molar-refractivity contribution in [2.45, 2.75) is 109 Å². The summed E-state index contributed by atoms with van der Waals surface area (Å²) in [7, 11) is 0. The van der Waals surface area contributed by atoms with Crippen molar-refractivity contribution in [2.75, 3.05) is 26.2 Å². The number of hydrogen-bond donors (Lipinski definition) is 2. The van der Waals surface area contributed by atoms with Crippen LogP contribution in [0.1, 0.15) is 80.1 Å². The van der Waals surface area contributed by atoms with Crippen LogP contribution in [0.5, 0.6) is 0 Å². The second-order valence-electron chi connectivity index (χ2n) is 10.2. The minimum absolute atomic E-state index is 0.188. The average Bonchev–Trinajstić information content (AvgIpc) is 3.40. The lowest BCUT2D eigenvalue weighted by Gasteiger charge is -2.41. The van der Waals surface area contributed by atoms with E-state index >= 15 is 0 Å². The topological polar surface area (TPSA) is 108 Å². The van der Waals surface area contributed by atoms with E-state index in [1.165, 1.54) is 11.8 Å². The molecule has 0 radical (unpaired) electrons. The molecule has 190 valence electrons. The van der Waals surface area contributed by atoms with Crippen molar-refractivity contribution in [2.24, 2.45) is 0 Å². The predicted octanol–water partition coefficient (Wildman–Crippen LogP) is 2.45. The molecule has 0 aromatic carbocycles. The summed E-state index contributed by atoms with van der Waals surface area (Å²) < 4.78 is 11.4. The fourth-order valence-corrected chi connectivity index (χ4v) is 4.56. The number of hydrogen-bond acceptors (Lipinski definition) is 6. The van der Waals surface area contributed by atoms with Gasteiger partial charge in [-0.05, 0) is 66.7 Å². The van der Waals surface area contributed by atoms with Crippen LogP contribution in [-0.4, -0.2) is 88.4 Å². The fraction of sp³-hybridized carbons (Fsp3) is 0.875. The molecule has 4 atom stereocenters. The first-order valence-corrected chi connectivity index (χ1v) is 12.3. The summed E-state index contributed by atoms with van der Waals surface area (Å²) in [4.78, 5) is 43.0. The molecule has 0 aromatic rings. The predicted molar refractivity (Wildman–Crippen MR) is 125 cm³/mol. The van der Waals surface area contributed by atoms with Crippen LogP contribution in [-0.2, 0) is 19.1 Å². The highest BCUT2D eigenvalue weighted by Crippen LogP contribution is 2.35. The first-order valence-electron chi connectivity index (χ1n) is 12.3. The summed E-state index contributed by atoms with van der Waals surface area (Å²) in [5.41, 5.74) is -2.24. The van der Waals surface area contributed by atoms with Crippen LogP contribution >= 0.6 is 0 Å². The van der Waals surface area contributed by atoms with Gasteiger partial charge in [-0.1, -0.05) is 13.3 Å². The molecule has 2 aliphatic heterocycles. The maximum atomic E-state index is 13.7. The van der Waals surface area contributed by atoms with E-state index in [2.05, 4.69) is 12.2 Å². The van der Waals surface area contributed by atoms with Crippen LogP contribution in [0, 0.1) is 0 Å². The molecule has 2 fully saturated rings. The van der Waals surface area contributed by atoms with E-state index in [0.29, 0.717) is 32.7 Å². The van der Waals surface area contributed by atoms with E-state index in [4.69, 9.17) is 9.47 Å². The minimum Gasteiger partial charge on any atom is -0.444 e. The Labute approximate surface area is 198 Å². The lowest BCUT2D eigenvalue weighted by Crippen LogP contribution is -2.67. The molecule has 2 heterocycles. The van der Waals surface area contributed by atoms with Gasteiger partial charge >= 0.3 is 6.09 Å². The molecule has 33 heavy (non-hydrogen) atoms. The molecule has 9 nitrogen and oxygen atoms in total. The fourth-order valence-electron chi connectivity index (χ4n) is 4.56. The normalized spacial score (nSPS) is 23.8. The highest BCUT2D eigenvalue weighted by Gasteiger charge is 2.55. The zero-order valence-electron chi connectivity index (χ0n) is 21.2. The van der Waals surface area contributed by atoms with Gasteiger partial charge in [0.1, 0.15) is 11.6 Å². The number of aliphatic hydroxyl groups is 1. The van der Waals surface area contributed by atoms with Crippen LogP contribution in [0.3, 0.4) is 0 Å². The van der Waals surface area contributed by atoms with Gasteiger partial charge in [0.2, 0.25) is 11.8 Å². The lowest BCUT2D eigenvalue weighted by molar-refractivity contribution is -0.146. The average molecular weight is 470 g/mol. The van der Waals surface area contributed by atoms with Gasteiger partial charge in [0, 0.05) is 26.2 Å². The number of aliphatic hydroxyl groups excluding tert-OH is 1. The molecule has 0 bridgehead atoms. The van der Waals surface area contributed by atoms with Gasteiger partial charge in [0.05, 0.1) is 12.2 Å². The zero-order chi connectivity index (χ0) is 24.8. The number of nitrogens with one attached hydrogen (secondary N) is 1. The Kier molecular flexibility index (Phi) is 9.55. The summed E-state index contributed by atoms with van der Waals surface area (Å²) in [5.74, 6) is -0.739. The number of nitrogens with zero attached hydrogens (tertiary/aromatic N) is 2. The summed E-state index contributed by atoms with van der Waals surface area (Å²) in [5, 5.41) is 13.6. The van der Waals surface area contributed by atoms with Crippen LogP contribution < -0.4 is 5.32 Å². The molecule has 0 aromatic heterocycles. The monoisotopic (exact) mass is 469 g/mol. The van der Waals surface area contributed by atoms with Crippen LogP contribution in [0.4, 0.5) is 4.79 Å². The Bertz CT molecular complexity index is 686. The second-order valence-corrected chi connectivity index (χ2v) is 10.2. The highest BCUT2D eigenvalue weighted by atomic mass is 16.6. The maximum absolute atomic E-state index is 13.7. The van der Waals surface area contributed by atoms with E-state index < -0.39 is 41.4 Å². The van der Waals surface area contributed by atoms with Crippen molar-refractivity contribution in [1.82, 2.24) is 15.1 Å². The summed E-state index contributed by atoms with van der Waals surface area (Å²) in [6.07, 6.45) is 2.17. The first-order chi connectivity index (χ1) is 15.4. The number of likely N-dealkylation sites (tertiary alicyclic amines) is 2. The third kappa shape index (κ3) is 6.59. The number of ether oxygens (including phenoxy) is 2. The van der Waals surface area contributed by atoms with Crippen molar-refractivity contribution in [3.8, 4) is 0 Å². The van der Waals surface area contributed by atoms with E-state index in [9.17, 15) is 19.5 Å². The molecule has 0 spiro atoms. The van der Waals surface area contributed by atoms with Crippen molar-refractivity contribution < 1.29 is 29.0 Å². The van der Waals surface area contributed by atoms with Gasteiger partial charge < -0.3 is 24.8 Å². The largest absolute Gasteiger partial charge is 0.444 e. The Hall–Kier alpha value is -1.87. The number of carbonyl (C=O) groups excluding carboxylic acids is 3. The molecule has 2 N–H and O–H groups in total. The van der Waals surface area contributed by atoms with Crippen LogP contribution in [0.2, 0.25) is 0 Å². The smallest absolute Gasteiger partial charge is 0.411 e. The van der Waals surface area contributed by atoms with Crippen molar-refractivity contribution >= 4 is 17.9 Å². The van der Waals surface area contributed by atoms with Crippen LogP contribution in [0.25, 0.3) is 0 Å². The molecule has 2 unspecified atom stereocenters. The molecular formula is C24H43N3O6. The third-order valence-corrected chi connectivity index (χ3v) is 6.44. The van der Waals surface area contributed by atoms with E-state index in [-0.39, 0.29) is 12.3 Å².